The van der Waals surface area contributed by atoms with Crippen LogP contribution in [0, 0.1) is 0 Å². The van der Waals surface area contributed by atoms with E-state index in [0.717, 1.165) is 16.1 Å². The van der Waals surface area contributed by atoms with Crippen molar-refractivity contribution in [2.45, 2.75) is 24.8 Å². The molecule has 0 saturated heterocycles. The minimum Gasteiger partial charge on any atom is -0.377 e. The van der Waals surface area contributed by atoms with Crippen molar-refractivity contribution in [2.75, 3.05) is 11.9 Å². The summed E-state index contributed by atoms with van der Waals surface area (Å²) >= 11 is 9.47. The highest BCUT2D eigenvalue weighted by molar-refractivity contribution is 9.10. The van der Waals surface area contributed by atoms with Gasteiger partial charge in [0.2, 0.25) is 0 Å². The Labute approximate surface area is 138 Å². The smallest absolute Gasteiger partial charge is 0.0636 e. The summed E-state index contributed by atoms with van der Waals surface area (Å²) in [7, 11) is 0. The Kier molecular flexibility index (Phi) is 4.53. The van der Waals surface area contributed by atoms with Gasteiger partial charge in [-0.3, -0.25) is 0 Å². The fourth-order valence-electron chi connectivity index (χ4n) is 2.48. The fraction of sp³-hybridized carbons (Fsp3) is 0.294. The lowest BCUT2D eigenvalue weighted by molar-refractivity contribution is 0.789. The van der Waals surface area contributed by atoms with Crippen LogP contribution < -0.4 is 11.1 Å². The highest BCUT2D eigenvalue weighted by Crippen LogP contribution is 2.40. The molecule has 0 spiro atoms. The zero-order chi connectivity index (χ0) is 14.8. The maximum absolute atomic E-state index is 6.02. The van der Waals surface area contributed by atoms with Crippen molar-refractivity contribution < 1.29 is 0 Å². The largest absolute Gasteiger partial charge is 0.377 e. The summed E-state index contributed by atoms with van der Waals surface area (Å²) in [5.74, 6) is 0.788. The molecule has 1 aliphatic rings. The van der Waals surface area contributed by atoms with Gasteiger partial charge in [-0.05, 0) is 64.0 Å². The van der Waals surface area contributed by atoms with Gasteiger partial charge in [0.05, 0.1) is 11.1 Å². The van der Waals surface area contributed by atoms with E-state index in [2.05, 4.69) is 45.5 Å². The second kappa shape index (κ2) is 6.39. The second-order valence-electron chi connectivity index (χ2n) is 5.50. The lowest BCUT2D eigenvalue weighted by Crippen LogP contribution is -2.20. The van der Waals surface area contributed by atoms with Gasteiger partial charge in [-0.1, -0.05) is 35.9 Å². The SMILES string of the molecule is NCC(Nc1ccc(Cl)c(Br)c1)c1ccc(C2CC2)cc1. The molecule has 2 aromatic carbocycles. The van der Waals surface area contributed by atoms with Crippen molar-refractivity contribution >= 4 is 33.2 Å². The number of anilines is 1. The lowest BCUT2D eigenvalue weighted by Gasteiger charge is -2.19. The minimum atomic E-state index is 0.103. The topological polar surface area (TPSA) is 38.0 Å². The molecule has 4 heteroatoms. The van der Waals surface area contributed by atoms with Gasteiger partial charge < -0.3 is 11.1 Å². The van der Waals surface area contributed by atoms with Crippen molar-refractivity contribution in [3.8, 4) is 0 Å². The molecular weight excluding hydrogens is 348 g/mol. The molecule has 0 radical (unpaired) electrons. The number of hydrogen-bond acceptors (Lipinski definition) is 2. The summed E-state index contributed by atoms with van der Waals surface area (Å²) < 4.78 is 0.883. The van der Waals surface area contributed by atoms with Crippen LogP contribution in [0.15, 0.2) is 46.9 Å². The Bertz CT molecular complexity index is 623. The van der Waals surface area contributed by atoms with Gasteiger partial charge in [-0.2, -0.15) is 0 Å². The van der Waals surface area contributed by atoms with Gasteiger partial charge in [0, 0.05) is 16.7 Å². The molecule has 2 nitrogen and oxygen atoms in total. The third-order valence-corrected chi connectivity index (χ3v) is 5.10. The van der Waals surface area contributed by atoms with Crippen LogP contribution in [0.1, 0.15) is 35.9 Å². The van der Waals surface area contributed by atoms with E-state index in [-0.39, 0.29) is 6.04 Å². The summed E-state index contributed by atoms with van der Waals surface area (Å²) in [5.41, 5.74) is 9.60. The van der Waals surface area contributed by atoms with Gasteiger partial charge >= 0.3 is 0 Å². The lowest BCUT2D eigenvalue weighted by atomic mass is 10.0. The van der Waals surface area contributed by atoms with Crippen molar-refractivity contribution in [2.24, 2.45) is 5.73 Å². The van der Waals surface area contributed by atoms with Crippen LogP contribution in [0.25, 0.3) is 0 Å². The Morgan fingerprint density at radius 2 is 1.90 bits per heavy atom. The van der Waals surface area contributed by atoms with E-state index < -0.39 is 0 Å². The normalized spacial score (nSPS) is 15.8. The summed E-state index contributed by atoms with van der Waals surface area (Å²) in [6.45, 7) is 0.545. The van der Waals surface area contributed by atoms with Crippen LogP contribution >= 0.6 is 27.5 Å². The van der Waals surface area contributed by atoms with Gasteiger partial charge in [0.1, 0.15) is 0 Å². The molecule has 0 aliphatic heterocycles. The first kappa shape index (κ1) is 14.9. The van der Waals surface area contributed by atoms with Crippen LogP contribution in [0.5, 0.6) is 0 Å². The minimum absolute atomic E-state index is 0.103. The molecule has 2 aromatic rings. The first-order valence-corrected chi connectivity index (χ1v) is 8.36. The van der Waals surface area contributed by atoms with E-state index >= 15 is 0 Å². The number of benzene rings is 2. The van der Waals surface area contributed by atoms with Crippen molar-refractivity contribution in [1.29, 1.82) is 0 Å². The van der Waals surface area contributed by atoms with E-state index in [9.17, 15) is 0 Å². The number of halogens is 2. The molecule has 3 N–H and O–H groups in total. The van der Waals surface area contributed by atoms with Crippen LogP contribution in [0.4, 0.5) is 5.69 Å². The van der Waals surface area contributed by atoms with Gasteiger partial charge in [0.25, 0.3) is 0 Å². The Balaban J connectivity index is 1.75. The first-order valence-electron chi connectivity index (χ1n) is 7.19. The number of nitrogens with two attached hydrogens (primary N) is 1. The predicted octanol–water partition coefficient (Wildman–Crippen LogP) is 5.09. The zero-order valence-electron chi connectivity index (χ0n) is 11.7. The third-order valence-electron chi connectivity index (χ3n) is 3.88. The molecule has 21 heavy (non-hydrogen) atoms. The molecule has 1 unspecified atom stereocenters. The maximum Gasteiger partial charge on any atom is 0.0636 e. The summed E-state index contributed by atoms with van der Waals surface area (Å²) in [5, 5.41) is 4.17. The van der Waals surface area contributed by atoms with E-state index in [1.165, 1.54) is 24.0 Å². The summed E-state index contributed by atoms with van der Waals surface area (Å²) in [6, 6.07) is 14.7. The van der Waals surface area contributed by atoms with Crippen LogP contribution in [-0.2, 0) is 0 Å². The third kappa shape index (κ3) is 3.60. The Morgan fingerprint density at radius 1 is 1.19 bits per heavy atom. The molecule has 0 bridgehead atoms. The molecular formula is C17H18BrClN2. The first-order chi connectivity index (χ1) is 10.2. The average molecular weight is 366 g/mol. The molecule has 3 rings (SSSR count). The van der Waals surface area contributed by atoms with E-state index in [4.69, 9.17) is 17.3 Å². The van der Waals surface area contributed by atoms with Gasteiger partial charge in [0.15, 0.2) is 0 Å². The maximum atomic E-state index is 6.02. The van der Waals surface area contributed by atoms with Crippen LogP contribution in [0.3, 0.4) is 0 Å². The van der Waals surface area contributed by atoms with E-state index in [1.54, 1.807) is 0 Å². The van der Waals surface area contributed by atoms with Crippen LogP contribution in [-0.4, -0.2) is 6.54 Å². The second-order valence-corrected chi connectivity index (χ2v) is 6.76. The molecule has 1 atom stereocenters. The molecule has 0 amide bonds. The predicted molar refractivity (Wildman–Crippen MR) is 93.0 cm³/mol. The molecule has 0 aromatic heterocycles. The number of nitrogens with one attached hydrogen (secondary N) is 1. The summed E-state index contributed by atoms with van der Waals surface area (Å²) in [4.78, 5) is 0. The molecule has 1 fully saturated rings. The molecule has 0 heterocycles. The Morgan fingerprint density at radius 3 is 2.48 bits per heavy atom. The van der Waals surface area contributed by atoms with Gasteiger partial charge in [-0.15, -0.1) is 0 Å². The summed E-state index contributed by atoms with van der Waals surface area (Å²) in [6.07, 6.45) is 2.66. The monoisotopic (exact) mass is 364 g/mol. The molecule has 1 aliphatic carbocycles. The highest BCUT2D eigenvalue weighted by Gasteiger charge is 2.23. The number of rotatable bonds is 5. The van der Waals surface area contributed by atoms with E-state index in [0.29, 0.717) is 11.6 Å². The standard InChI is InChI=1S/C17H18BrClN2/c18-15-9-14(7-8-16(15)19)21-17(10-20)13-5-3-12(4-6-13)11-1-2-11/h3-9,11,17,21H,1-2,10,20H2. The van der Waals surface area contributed by atoms with Crippen molar-refractivity contribution in [3.63, 3.8) is 0 Å². The highest BCUT2D eigenvalue weighted by atomic mass is 79.9. The average Bonchev–Trinajstić information content (AvgIpc) is 3.33. The number of hydrogen-bond donors (Lipinski definition) is 2. The Hall–Kier alpha value is -1.03. The fourth-order valence-corrected chi connectivity index (χ4v) is 2.98. The molecule has 1 saturated carbocycles. The van der Waals surface area contributed by atoms with E-state index in [1.807, 2.05) is 18.2 Å². The van der Waals surface area contributed by atoms with Crippen LogP contribution in [0.2, 0.25) is 5.02 Å². The quantitative estimate of drug-likeness (QED) is 0.774. The van der Waals surface area contributed by atoms with Gasteiger partial charge in [-0.25, -0.2) is 0 Å². The van der Waals surface area contributed by atoms with Crippen molar-refractivity contribution in [1.82, 2.24) is 0 Å². The van der Waals surface area contributed by atoms with Crippen molar-refractivity contribution in [3.05, 3.63) is 63.1 Å². The molecule has 110 valence electrons. The zero-order valence-corrected chi connectivity index (χ0v) is 14.0.